The minimum atomic E-state index is -1.28. The smallest absolute Gasteiger partial charge is 0.298 e. The lowest BCUT2D eigenvalue weighted by atomic mass is 10.0. The van der Waals surface area contributed by atoms with Gasteiger partial charge in [0, 0.05) is 11.6 Å². The van der Waals surface area contributed by atoms with E-state index in [4.69, 9.17) is 0 Å². The van der Waals surface area contributed by atoms with Gasteiger partial charge in [-0.25, -0.2) is 0 Å². The minimum Gasteiger partial charge on any atom is -0.298 e. The van der Waals surface area contributed by atoms with E-state index < -0.39 is 27.8 Å². The first-order valence-corrected chi connectivity index (χ1v) is 5.16. The summed E-state index contributed by atoms with van der Waals surface area (Å²) in [6, 6.07) is 1.90. The molecule has 0 heterocycles. The predicted molar refractivity (Wildman–Crippen MR) is 56.6 cm³/mol. The number of carbonyl (C=O) groups excluding carboxylic acids is 2. The maximum Gasteiger partial charge on any atom is 0.305 e. The summed E-state index contributed by atoms with van der Waals surface area (Å²) in [5.74, 6) is -2.00. The Hall–Kier alpha value is -1.63. The van der Waals surface area contributed by atoms with Crippen molar-refractivity contribution in [1.29, 1.82) is 0 Å². The molecule has 1 aromatic carbocycles. The molecule has 0 bridgehead atoms. The number of hydrogen-bond donors (Lipinski definition) is 0. The molecule has 0 spiro atoms. The molecule has 5 nitrogen and oxygen atoms in total. The Kier molecular flexibility index (Phi) is 3.83. The van der Waals surface area contributed by atoms with Crippen LogP contribution < -0.4 is 0 Å². The second-order valence-electron chi connectivity index (χ2n) is 2.79. The van der Waals surface area contributed by atoms with Crippen LogP contribution in [0.4, 0.5) is 10.1 Å². The Bertz CT molecular complexity index is 475. The number of nitrogens with zero attached hydrogens (tertiary/aromatic N) is 1. The van der Waals surface area contributed by atoms with Gasteiger partial charge < -0.3 is 0 Å². The number of alkyl halides is 1. The Balaban J connectivity index is 3.52. The average molecular weight is 290 g/mol. The van der Waals surface area contributed by atoms with E-state index in [2.05, 4.69) is 15.9 Å². The summed E-state index contributed by atoms with van der Waals surface area (Å²) in [6.45, 7) is 0. The van der Waals surface area contributed by atoms with Crippen LogP contribution in [-0.4, -0.2) is 22.3 Å². The van der Waals surface area contributed by atoms with Crippen molar-refractivity contribution in [2.24, 2.45) is 0 Å². The number of halogens is 2. The molecule has 0 saturated carbocycles. The van der Waals surface area contributed by atoms with E-state index in [1.807, 2.05) is 0 Å². The van der Waals surface area contributed by atoms with Gasteiger partial charge in [-0.15, -0.1) is 0 Å². The summed E-state index contributed by atoms with van der Waals surface area (Å²) >= 11 is 2.81. The number of rotatable bonds is 4. The molecule has 0 unspecified atom stereocenters. The molecule has 0 saturated heterocycles. The van der Waals surface area contributed by atoms with Gasteiger partial charge in [0.25, 0.3) is 0 Å². The fourth-order valence-corrected chi connectivity index (χ4v) is 1.45. The average Bonchev–Trinajstić information content (AvgIpc) is 2.26. The molecule has 1 rings (SSSR count). The molecule has 0 aliphatic rings. The minimum absolute atomic E-state index is 0.201. The van der Waals surface area contributed by atoms with Crippen LogP contribution in [-0.2, 0) is 0 Å². The first-order valence-electron chi connectivity index (χ1n) is 4.04. The number of Topliss-reactive ketones (excluding diaryl/α,β-unsaturated/α-hetero) is 1. The Labute approximate surface area is 97.5 Å². The van der Waals surface area contributed by atoms with Crippen molar-refractivity contribution in [1.82, 2.24) is 0 Å². The van der Waals surface area contributed by atoms with Crippen LogP contribution in [0.5, 0.6) is 0 Å². The van der Waals surface area contributed by atoms with Crippen LogP contribution in [0.25, 0.3) is 0 Å². The van der Waals surface area contributed by atoms with Crippen molar-refractivity contribution < 1.29 is 18.9 Å². The summed E-state index contributed by atoms with van der Waals surface area (Å²) in [6.07, 6.45) is 0.280. The molecular formula is C9H5BrFNO4. The summed E-state index contributed by atoms with van der Waals surface area (Å²) in [5, 5.41) is 10.2. The van der Waals surface area contributed by atoms with Crippen molar-refractivity contribution in [2.45, 2.75) is 0 Å². The lowest BCUT2D eigenvalue weighted by molar-refractivity contribution is -0.387. The number of hydrogen-bond acceptors (Lipinski definition) is 4. The molecule has 0 amide bonds. The number of benzene rings is 1. The zero-order valence-corrected chi connectivity index (χ0v) is 9.36. The molecule has 0 atom stereocenters. The van der Waals surface area contributed by atoms with E-state index >= 15 is 0 Å². The second-order valence-corrected chi connectivity index (χ2v) is 3.36. The van der Waals surface area contributed by atoms with Gasteiger partial charge in [0.15, 0.2) is 12.1 Å². The Morgan fingerprint density at radius 1 is 1.56 bits per heavy atom. The molecule has 0 N–H and O–H groups in total. The van der Waals surface area contributed by atoms with Gasteiger partial charge in [0.1, 0.15) is 0 Å². The monoisotopic (exact) mass is 289 g/mol. The number of nitro groups is 1. The number of aldehydes is 1. The van der Waals surface area contributed by atoms with Gasteiger partial charge >= 0.3 is 5.69 Å². The van der Waals surface area contributed by atoms with Gasteiger partial charge in [-0.05, 0) is 6.07 Å². The summed E-state index contributed by atoms with van der Waals surface area (Å²) < 4.78 is 13.6. The number of carbonyl (C=O) groups is 2. The second kappa shape index (κ2) is 4.93. The maximum absolute atomic E-state index is 13.6. The highest BCUT2D eigenvalue weighted by Gasteiger charge is 2.24. The molecule has 0 aliphatic carbocycles. The molecule has 84 valence electrons. The van der Waals surface area contributed by atoms with Crippen LogP contribution in [0.3, 0.4) is 0 Å². The molecule has 16 heavy (non-hydrogen) atoms. The quantitative estimate of drug-likeness (QED) is 0.280. The third-order valence-corrected chi connectivity index (χ3v) is 2.39. The highest BCUT2D eigenvalue weighted by molar-refractivity contribution is 9.09. The van der Waals surface area contributed by atoms with Crippen LogP contribution in [0, 0.1) is 15.9 Å². The molecule has 0 radical (unpaired) electrons. The van der Waals surface area contributed by atoms with Crippen LogP contribution >= 0.6 is 15.9 Å². The molecule has 0 aromatic heterocycles. The lowest BCUT2D eigenvalue weighted by Gasteiger charge is -2.03. The van der Waals surface area contributed by atoms with E-state index in [-0.39, 0.29) is 17.2 Å². The third-order valence-electron chi connectivity index (χ3n) is 1.88. The highest BCUT2D eigenvalue weighted by atomic mass is 79.9. The molecule has 7 heteroatoms. The largest absolute Gasteiger partial charge is 0.305 e. The SMILES string of the molecule is O=Cc1ccc([N+](=O)[O-])c(F)c1C(=O)CBr. The number of nitro benzene ring substituents is 1. The van der Waals surface area contributed by atoms with Crippen LogP contribution in [0.2, 0.25) is 0 Å². The zero-order chi connectivity index (χ0) is 12.3. The summed E-state index contributed by atoms with van der Waals surface area (Å²) in [4.78, 5) is 31.4. The predicted octanol–water partition coefficient (Wildman–Crippen LogP) is 2.12. The van der Waals surface area contributed by atoms with E-state index in [9.17, 15) is 24.1 Å². The maximum atomic E-state index is 13.6. The fraction of sp³-hybridized carbons (Fsp3) is 0.111. The van der Waals surface area contributed by atoms with Crippen LogP contribution in [0.15, 0.2) is 12.1 Å². The van der Waals surface area contributed by atoms with Gasteiger partial charge in [0.2, 0.25) is 5.82 Å². The first-order chi connectivity index (χ1) is 7.52. The summed E-state index contributed by atoms with van der Waals surface area (Å²) in [5.41, 5.74) is -1.58. The Morgan fingerprint density at radius 2 is 2.19 bits per heavy atom. The first kappa shape index (κ1) is 12.4. The van der Waals surface area contributed by atoms with Crippen molar-refractivity contribution in [3.05, 3.63) is 39.2 Å². The topological polar surface area (TPSA) is 77.3 Å². The van der Waals surface area contributed by atoms with E-state index in [0.29, 0.717) is 0 Å². The Morgan fingerprint density at radius 3 is 2.62 bits per heavy atom. The molecule has 1 aromatic rings. The fourth-order valence-electron chi connectivity index (χ4n) is 1.17. The van der Waals surface area contributed by atoms with E-state index in [1.165, 1.54) is 0 Å². The lowest BCUT2D eigenvalue weighted by Crippen LogP contribution is -2.10. The van der Waals surface area contributed by atoms with Crippen molar-refractivity contribution >= 4 is 33.7 Å². The standard InChI is InChI=1S/C9H5BrFNO4/c10-3-7(14)8-5(4-13)1-2-6(9(8)11)12(15)16/h1-2,4H,3H2. The molecular weight excluding hydrogens is 285 g/mol. The van der Waals surface area contributed by atoms with E-state index in [0.717, 1.165) is 12.1 Å². The molecule has 0 fully saturated rings. The normalized spacial score (nSPS) is 9.88. The molecule has 0 aliphatic heterocycles. The van der Waals surface area contributed by atoms with Gasteiger partial charge in [-0.1, -0.05) is 15.9 Å². The van der Waals surface area contributed by atoms with Gasteiger partial charge in [-0.3, -0.25) is 19.7 Å². The van der Waals surface area contributed by atoms with Crippen molar-refractivity contribution in [3.8, 4) is 0 Å². The van der Waals surface area contributed by atoms with Crippen molar-refractivity contribution in [3.63, 3.8) is 0 Å². The highest BCUT2D eigenvalue weighted by Crippen LogP contribution is 2.23. The number of ketones is 1. The summed E-state index contributed by atoms with van der Waals surface area (Å²) in [7, 11) is 0. The third kappa shape index (κ3) is 2.13. The van der Waals surface area contributed by atoms with Crippen LogP contribution in [0.1, 0.15) is 20.7 Å². The van der Waals surface area contributed by atoms with E-state index in [1.54, 1.807) is 0 Å². The van der Waals surface area contributed by atoms with Gasteiger partial charge in [0.05, 0.1) is 15.8 Å². The van der Waals surface area contributed by atoms with Gasteiger partial charge in [-0.2, -0.15) is 4.39 Å². The zero-order valence-electron chi connectivity index (χ0n) is 7.78. The van der Waals surface area contributed by atoms with Crippen molar-refractivity contribution in [2.75, 3.05) is 5.33 Å².